The van der Waals surface area contributed by atoms with E-state index >= 15 is 0 Å². The van der Waals surface area contributed by atoms with Gasteiger partial charge in [-0.1, -0.05) is 20.8 Å². The number of rotatable bonds is 2. The van der Waals surface area contributed by atoms with E-state index in [0.29, 0.717) is 22.3 Å². The summed E-state index contributed by atoms with van der Waals surface area (Å²) < 4.78 is 12.7. The summed E-state index contributed by atoms with van der Waals surface area (Å²) in [5, 5.41) is 7.69. The van der Waals surface area contributed by atoms with Crippen molar-refractivity contribution in [2.24, 2.45) is 34.0 Å². The molecule has 0 aromatic carbocycles. The second-order valence-electron chi connectivity index (χ2n) is 12.1. The van der Waals surface area contributed by atoms with Gasteiger partial charge in [0, 0.05) is 12.3 Å². The van der Waals surface area contributed by atoms with Gasteiger partial charge in [-0.15, -0.1) is 0 Å². The van der Waals surface area contributed by atoms with Crippen molar-refractivity contribution in [2.45, 2.75) is 104 Å². The Morgan fingerprint density at radius 1 is 0.967 bits per heavy atom. The van der Waals surface area contributed by atoms with Gasteiger partial charge in [0.2, 0.25) is 0 Å². The number of H-pyrrole nitrogens is 1. The fourth-order valence-corrected chi connectivity index (χ4v) is 9.33. The van der Waals surface area contributed by atoms with Gasteiger partial charge in [0.05, 0.1) is 12.3 Å². The number of nitrogens with zero attached hydrogens (tertiary/aromatic N) is 1. The minimum atomic E-state index is 0.0518. The molecule has 1 N–H and O–H groups in total. The summed E-state index contributed by atoms with van der Waals surface area (Å²) in [6, 6.07) is 0. The summed E-state index contributed by atoms with van der Waals surface area (Å²) in [5.41, 5.74) is 4.11. The Kier molecular flexibility index (Phi) is 4.49. The first kappa shape index (κ1) is 19.8. The molecule has 1 aromatic rings. The molecule has 1 unspecified atom stereocenters. The molecule has 5 aliphatic rings. The van der Waals surface area contributed by atoms with Gasteiger partial charge in [-0.2, -0.15) is 5.10 Å². The van der Waals surface area contributed by atoms with Crippen LogP contribution < -0.4 is 0 Å². The minimum absolute atomic E-state index is 0.0518. The number of ether oxygens (including phenoxy) is 2. The third-order valence-corrected chi connectivity index (χ3v) is 10.9. The SMILES string of the molecule is C[C@@]12CC[C@H]3Cc4[nH]ncc4C[C@]3(C)[C@H]1CC[C@@]1(C)[C@H]2CC[C@@H]1OC1CCCCO1. The number of aromatic nitrogens is 2. The van der Waals surface area contributed by atoms with Crippen LogP contribution >= 0.6 is 0 Å². The Bertz CT molecular complexity index is 801. The average molecular weight is 413 g/mol. The second-order valence-corrected chi connectivity index (χ2v) is 12.1. The molecule has 166 valence electrons. The maximum atomic E-state index is 6.68. The van der Waals surface area contributed by atoms with Crippen molar-refractivity contribution in [3.8, 4) is 0 Å². The molecule has 2 heterocycles. The molecule has 0 spiro atoms. The zero-order valence-electron chi connectivity index (χ0n) is 19.2. The van der Waals surface area contributed by atoms with Crippen molar-refractivity contribution in [1.29, 1.82) is 0 Å². The van der Waals surface area contributed by atoms with E-state index < -0.39 is 0 Å². The van der Waals surface area contributed by atoms with Crippen molar-refractivity contribution < 1.29 is 9.47 Å². The topological polar surface area (TPSA) is 47.1 Å². The first-order valence-electron chi connectivity index (χ1n) is 12.7. The van der Waals surface area contributed by atoms with Crippen LogP contribution in [0, 0.1) is 34.0 Å². The van der Waals surface area contributed by atoms with Gasteiger partial charge in [-0.3, -0.25) is 5.10 Å². The molecule has 0 amide bonds. The standard InChI is InChI=1S/C26H40N2O2/c1-24-11-9-18-14-19-17(16-27-28-19)15-26(18,3)21(24)10-12-25(2)20(24)7-8-22(25)30-23-6-4-5-13-29-23/h16,18,20-23H,4-15H2,1-3H3,(H,27,28)/t18-,20-,21-,22-,23?,24-,25-,26-/m0/s1. The van der Waals surface area contributed by atoms with E-state index in [4.69, 9.17) is 9.47 Å². The van der Waals surface area contributed by atoms with Crippen LogP contribution in [0.15, 0.2) is 6.20 Å². The van der Waals surface area contributed by atoms with Gasteiger partial charge in [-0.25, -0.2) is 0 Å². The molecule has 1 saturated heterocycles. The minimum Gasteiger partial charge on any atom is -0.353 e. The van der Waals surface area contributed by atoms with Gasteiger partial charge < -0.3 is 9.47 Å². The monoisotopic (exact) mass is 412 g/mol. The highest BCUT2D eigenvalue weighted by atomic mass is 16.7. The van der Waals surface area contributed by atoms with E-state index in [1.165, 1.54) is 75.5 Å². The first-order chi connectivity index (χ1) is 14.4. The summed E-state index contributed by atoms with van der Waals surface area (Å²) in [6.45, 7) is 8.76. The maximum absolute atomic E-state index is 6.68. The second kappa shape index (κ2) is 6.81. The summed E-state index contributed by atoms with van der Waals surface area (Å²) >= 11 is 0. The quantitative estimate of drug-likeness (QED) is 0.681. The van der Waals surface area contributed by atoms with Crippen molar-refractivity contribution in [1.82, 2.24) is 10.2 Å². The van der Waals surface area contributed by atoms with E-state index in [1.54, 1.807) is 0 Å². The largest absolute Gasteiger partial charge is 0.353 e. The molecular formula is C26H40N2O2. The number of hydrogen-bond acceptors (Lipinski definition) is 3. The van der Waals surface area contributed by atoms with E-state index in [1.807, 2.05) is 0 Å². The predicted molar refractivity (Wildman–Crippen MR) is 117 cm³/mol. The summed E-state index contributed by atoms with van der Waals surface area (Å²) in [5.74, 6) is 2.44. The molecule has 30 heavy (non-hydrogen) atoms. The Morgan fingerprint density at radius 3 is 2.63 bits per heavy atom. The van der Waals surface area contributed by atoms with Crippen LogP contribution in [-0.4, -0.2) is 29.2 Å². The van der Waals surface area contributed by atoms with Gasteiger partial charge in [-0.05, 0) is 110 Å². The highest BCUT2D eigenvalue weighted by Crippen LogP contribution is 2.71. The first-order valence-corrected chi connectivity index (χ1v) is 12.7. The van der Waals surface area contributed by atoms with Gasteiger partial charge in [0.1, 0.15) is 0 Å². The van der Waals surface area contributed by atoms with Crippen LogP contribution in [-0.2, 0) is 22.3 Å². The number of fused-ring (bicyclic) bond motifs is 6. The van der Waals surface area contributed by atoms with Crippen molar-refractivity contribution in [3.63, 3.8) is 0 Å². The van der Waals surface area contributed by atoms with Crippen molar-refractivity contribution in [2.75, 3.05) is 6.61 Å². The average Bonchev–Trinajstić information content (AvgIpc) is 3.31. The van der Waals surface area contributed by atoms with Crippen LogP contribution in [0.25, 0.3) is 0 Å². The maximum Gasteiger partial charge on any atom is 0.157 e. The smallest absolute Gasteiger partial charge is 0.157 e. The molecule has 4 fully saturated rings. The lowest BCUT2D eigenvalue weighted by atomic mass is 9.40. The molecule has 8 atom stereocenters. The molecule has 6 rings (SSSR count). The highest BCUT2D eigenvalue weighted by Gasteiger charge is 2.65. The van der Waals surface area contributed by atoms with E-state index in [9.17, 15) is 0 Å². The van der Waals surface area contributed by atoms with Crippen LogP contribution in [0.1, 0.15) is 89.8 Å². The third kappa shape index (κ3) is 2.68. The lowest BCUT2D eigenvalue weighted by molar-refractivity contribution is -0.227. The molecule has 1 aromatic heterocycles. The van der Waals surface area contributed by atoms with E-state index in [2.05, 4.69) is 37.2 Å². The lowest BCUT2D eigenvalue weighted by Crippen LogP contribution is -2.59. The fraction of sp³-hybridized carbons (Fsp3) is 0.885. The molecular weight excluding hydrogens is 372 g/mol. The van der Waals surface area contributed by atoms with Gasteiger partial charge >= 0.3 is 0 Å². The normalized spacial score (nSPS) is 50.3. The molecule has 1 aliphatic heterocycles. The summed E-state index contributed by atoms with van der Waals surface area (Å²) in [6.07, 6.45) is 16.6. The van der Waals surface area contributed by atoms with Gasteiger partial charge in [0.25, 0.3) is 0 Å². The Hall–Kier alpha value is -0.870. The lowest BCUT2D eigenvalue weighted by Gasteiger charge is -2.65. The Morgan fingerprint density at radius 2 is 1.80 bits per heavy atom. The zero-order chi connectivity index (χ0) is 20.6. The molecule has 4 heteroatoms. The van der Waals surface area contributed by atoms with Crippen LogP contribution in [0.5, 0.6) is 0 Å². The summed E-state index contributed by atoms with van der Waals surface area (Å²) in [4.78, 5) is 0. The number of aromatic amines is 1. The molecule has 0 bridgehead atoms. The van der Waals surface area contributed by atoms with E-state index in [-0.39, 0.29) is 6.29 Å². The fourth-order valence-electron chi connectivity index (χ4n) is 9.33. The molecule has 4 nitrogen and oxygen atoms in total. The van der Waals surface area contributed by atoms with E-state index in [0.717, 1.165) is 30.8 Å². The van der Waals surface area contributed by atoms with Crippen LogP contribution in [0.2, 0.25) is 0 Å². The molecule has 4 aliphatic carbocycles. The third-order valence-electron chi connectivity index (χ3n) is 10.9. The predicted octanol–water partition coefficient (Wildman–Crippen LogP) is 5.67. The van der Waals surface area contributed by atoms with Crippen LogP contribution in [0.4, 0.5) is 0 Å². The Labute approximate surface area is 181 Å². The van der Waals surface area contributed by atoms with Crippen molar-refractivity contribution in [3.05, 3.63) is 17.5 Å². The molecule has 0 radical (unpaired) electrons. The zero-order valence-corrected chi connectivity index (χ0v) is 19.2. The highest BCUT2D eigenvalue weighted by molar-refractivity contribution is 5.26. The Balaban J connectivity index is 1.27. The number of nitrogens with one attached hydrogen (secondary N) is 1. The number of hydrogen-bond donors (Lipinski definition) is 1. The van der Waals surface area contributed by atoms with Crippen molar-refractivity contribution >= 4 is 0 Å². The van der Waals surface area contributed by atoms with Gasteiger partial charge in [0.15, 0.2) is 6.29 Å². The molecule has 3 saturated carbocycles. The van der Waals surface area contributed by atoms with Crippen LogP contribution in [0.3, 0.4) is 0 Å². The summed E-state index contributed by atoms with van der Waals surface area (Å²) in [7, 11) is 0.